The summed E-state index contributed by atoms with van der Waals surface area (Å²) in [6.45, 7) is 4.16. The van der Waals surface area contributed by atoms with E-state index in [1.165, 1.54) is 16.5 Å². The highest BCUT2D eigenvalue weighted by Crippen LogP contribution is 2.18. The number of aromatic nitrogens is 1. The third-order valence-electron chi connectivity index (χ3n) is 3.31. The largest absolute Gasteiger partial charge is 0.361 e. The van der Waals surface area contributed by atoms with Gasteiger partial charge in [0.25, 0.3) is 0 Å². The Bertz CT molecular complexity index is 487. The Balaban J connectivity index is 1.92. The summed E-state index contributed by atoms with van der Waals surface area (Å²) in [5, 5.41) is 1.33. The molecule has 0 aliphatic rings. The van der Waals surface area contributed by atoms with Crippen molar-refractivity contribution in [2.75, 3.05) is 13.6 Å². The minimum atomic E-state index is 0.312. The van der Waals surface area contributed by atoms with Gasteiger partial charge in [0, 0.05) is 29.7 Å². The van der Waals surface area contributed by atoms with Gasteiger partial charge in [-0.25, -0.2) is 0 Å². The van der Waals surface area contributed by atoms with E-state index in [1.54, 1.807) is 0 Å². The van der Waals surface area contributed by atoms with Crippen molar-refractivity contribution in [3.05, 3.63) is 36.0 Å². The SMILES string of the molecule is CC(N)CCCN(C)Cc1c[nH]c2ccccc12. The molecular formula is C15H23N3. The van der Waals surface area contributed by atoms with Crippen LogP contribution >= 0.6 is 0 Å². The van der Waals surface area contributed by atoms with Crippen molar-refractivity contribution in [1.82, 2.24) is 9.88 Å². The zero-order valence-corrected chi connectivity index (χ0v) is 11.3. The van der Waals surface area contributed by atoms with Gasteiger partial charge < -0.3 is 15.6 Å². The molecule has 0 spiro atoms. The Kier molecular flexibility index (Phi) is 4.39. The Morgan fingerprint density at radius 3 is 2.89 bits per heavy atom. The lowest BCUT2D eigenvalue weighted by Crippen LogP contribution is -2.22. The van der Waals surface area contributed by atoms with E-state index in [9.17, 15) is 0 Å². The maximum atomic E-state index is 5.77. The molecule has 2 aromatic rings. The fourth-order valence-electron chi connectivity index (χ4n) is 2.32. The van der Waals surface area contributed by atoms with Gasteiger partial charge >= 0.3 is 0 Å². The van der Waals surface area contributed by atoms with Gasteiger partial charge in [-0.1, -0.05) is 18.2 Å². The van der Waals surface area contributed by atoms with Crippen molar-refractivity contribution < 1.29 is 0 Å². The van der Waals surface area contributed by atoms with Crippen molar-refractivity contribution in [2.45, 2.75) is 32.4 Å². The highest BCUT2D eigenvalue weighted by atomic mass is 15.1. The normalized spacial score (nSPS) is 13.3. The van der Waals surface area contributed by atoms with Gasteiger partial charge in [-0.15, -0.1) is 0 Å². The summed E-state index contributed by atoms with van der Waals surface area (Å²) >= 11 is 0. The number of aromatic amines is 1. The number of nitrogens with zero attached hydrogens (tertiary/aromatic N) is 1. The van der Waals surface area contributed by atoms with Crippen LogP contribution in [0.2, 0.25) is 0 Å². The molecule has 0 saturated carbocycles. The molecule has 0 bridgehead atoms. The van der Waals surface area contributed by atoms with Crippen LogP contribution in [0.3, 0.4) is 0 Å². The van der Waals surface area contributed by atoms with Crippen LogP contribution in [-0.4, -0.2) is 29.5 Å². The van der Waals surface area contributed by atoms with Crippen LogP contribution in [0.25, 0.3) is 10.9 Å². The summed E-state index contributed by atoms with van der Waals surface area (Å²) in [5.41, 5.74) is 8.35. The lowest BCUT2D eigenvalue weighted by Gasteiger charge is -2.16. The second-order valence-corrected chi connectivity index (χ2v) is 5.22. The highest BCUT2D eigenvalue weighted by molar-refractivity contribution is 5.82. The molecular weight excluding hydrogens is 222 g/mol. The van der Waals surface area contributed by atoms with E-state index < -0.39 is 0 Å². The number of fused-ring (bicyclic) bond motifs is 1. The summed E-state index contributed by atoms with van der Waals surface area (Å²) in [7, 11) is 2.17. The lowest BCUT2D eigenvalue weighted by molar-refractivity contribution is 0.316. The molecule has 3 heteroatoms. The molecule has 1 aromatic carbocycles. The summed E-state index contributed by atoms with van der Waals surface area (Å²) in [6.07, 6.45) is 4.38. The average Bonchev–Trinajstić information content (AvgIpc) is 2.72. The fraction of sp³-hybridized carbons (Fsp3) is 0.467. The first-order chi connectivity index (χ1) is 8.66. The van der Waals surface area contributed by atoms with Crippen LogP contribution < -0.4 is 5.73 Å². The summed E-state index contributed by atoms with van der Waals surface area (Å²) in [4.78, 5) is 5.68. The number of para-hydroxylation sites is 1. The van der Waals surface area contributed by atoms with Gasteiger partial charge in [-0.2, -0.15) is 0 Å². The van der Waals surface area contributed by atoms with Crippen molar-refractivity contribution in [3.8, 4) is 0 Å². The first kappa shape index (κ1) is 13.1. The molecule has 0 saturated heterocycles. The Morgan fingerprint density at radius 1 is 1.33 bits per heavy atom. The minimum absolute atomic E-state index is 0.312. The molecule has 3 nitrogen and oxygen atoms in total. The molecule has 1 atom stereocenters. The molecule has 0 fully saturated rings. The number of hydrogen-bond donors (Lipinski definition) is 2. The van der Waals surface area contributed by atoms with E-state index in [0.29, 0.717) is 6.04 Å². The maximum absolute atomic E-state index is 5.77. The van der Waals surface area contributed by atoms with Crippen LogP contribution in [0.1, 0.15) is 25.3 Å². The van der Waals surface area contributed by atoms with E-state index in [-0.39, 0.29) is 0 Å². The van der Waals surface area contributed by atoms with Gasteiger partial charge in [0.05, 0.1) is 0 Å². The van der Waals surface area contributed by atoms with Gasteiger partial charge in [0.15, 0.2) is 0 Å². The topological polar surface area (TPSA) is 45.0 Å². The third-order valence-corrected chi connectivity index (χ3v) is 3.31. The third kappa shape index (κ3) is 3.34. The van der Waals surface area contributed by atoms with Crippen LogP contribution in [0, 0.1) is 0 Å². The number of benzene rings is 1. The van der Waals surface area contributed by atoms with E-state index in [2.05, 4.69) is 54.3 Å². The summed E-state index contributed by atoms with van der Waals surface area (Å²) in [6, 6.07) is 8.77. The average molecular weight is 245 g/mol. The number of hydrogen-bond acceptors (Lipinski definition) is 2. The van der Waals surface area contributed by atoms with Gasteiger partial charge in [-0.05, 0) is 45.0 Å². The Labute approximate surface area is 109 Å². The first-order valence-corrected chi connectivity index (χ1v) is 6.66. The van der Waals surface area contributed by atoms with Crippen molar-refractivity contribution in [2.24, 2.45) is 5.73 Å². The molecule has 1 aromatic heterocycles. The molecule has 2 rings (SSSR count). The molecule has 0 radical (unpaired) electrons. The fourth-order valence-corrected chi connectivity index (χ4v) is 2.32. The smallest absolute Gasteiger partial charge is 0.0457 e. The number of nitrogens with one attached hydrogen (secondary N) is 1. The minimum Gasteiger partial charge on any atom is -0.361 e. The zero-order valence-electron chi connectivity index (χ0n) is 11.3. The monoisotopic (exact) mass is 245 g/mol. The predicted molar refractivity (Wildman–Crippen MR) is 77.5 cm³/mol. The zero-order chi connectivity index (χ0) is 13.0. The molecule has 1 heterocycles. The van der Waals surface area contributed by atoms with Gasteiger partial charge in [-0.3, -0.25) is 0 Å². The Morgan fingerprint density at radius 2 is 2.11 bits per heavy atom. The van der Waals surface area contributed by atoms with E-state index >= 15 is 0 Å². The van der Waals surface area contributed by atoms with Crippen molar-refractivity contribution >= 4 is 10.9 Å². The molecule has 0 aliphatic carbocycles. The summed E-state index contributed by atoms with van der Waals surface area (Å²) < 4.78 is 0. The number of nitrogens with two attached hydrogens (primary N) is 1. The van der Waals surface area contributed by atoms with Crippen LogP contribution in [0.5, 0.6) is 0 Å². The molecule has 1 unspecified atom stereocenters. The highest BCUT2D eigenvalue weighted by Gasteiger charge is 2.06. The van der Waals surface area contributed by atoms with Gasteiger partial charge in [0.2, 0.25) is 0 Å². The quantitative estimate of drug-likeness (QED) is 0.822. The molecule has 18 heavy (non-hydrogen) atoms. The second-order valence-electron chi connectivity index (χ2n) is 5.22. The molecule has 0 aliphatic heterocycles. The second kappa shape index (κ2) is 6.03. The maximum Gasteiger partial charge on any atom is 0.0457 e. The van der Waals surface area contributed by atoms with Crippen LogP contribution in [0.15, 0.2) is 30.5 Å². The van der Waals surface area contributed by atoms with Gasteiger partial charge in [0.1, 0.15) is 0 Å². The predicted octanol–water partition coefficient (Wildman–Crippen LogP) is 2.73. The van der Waals surface area contributed by atoms with Crippen molar-refractivity contribution in [3.63, 3.8) is 0 Å². The number of rotatable bonds is 6. The Hall–Kier alpha value is -1.32. The number of H-pyrrole nitrogens is 1. The van der Waals surface area contributed by atoms with Crippen molar-refractivity contribution in [1.29, 1.82) is 0 Å². The standard InChI is InChI=1S/C15H23N3/c1-12(16)6-5-9-18(2)11-13-10-17-15-8-4-3-7-14(13)15/h3-4,7-8,10,12,17H,5-6,9,11,16H2,1-2H3. The van der Waals surface area contributed by atoms with E-state index in [0.717, 1.165) is 25.9 Å². The van der Waals surface area contributed by atoms with E-state index in [1.807, 2.05) is 0 Å². The molecule has 3 N–H and O–H groups in total. The molecule has 0 amide bonds. The first-order valence-electron chi connectivity index (χ1n) is 6.66. The summed E-state index contributed by atoms with van der Waals surface area (Å²) in [5.74, 6) is 0. The molecule has 98 valence electrons. The van der Waals surface area contributed by atoms with Crippen LogP contribution in [0.4, 0.5) is 0 Å². The van der Waals surface area contributed by atoms with Crippen LogP contribution in [-0.2, 0) is 6.54 Å². The lowest BCUT2D eigenvalue weighted by atomic mass is 10.1. The van der Waals surface area contributed by atoms with E-state index in [4.69, 9.17) is 5.73 Å².